The van der Waals surface area contributed by atoms with Gasteiger partial charge in [-0.3, -0.25) is 9.36 Å². The van der Waals surface area contributed by atoms with Gasteiger partial charge in [0.25, 0.3) is 6.47 Å². The van der Waals surface area contributed by atoms with Gasteiger partial charge in [0.2, 0.25) is 17.8 Å². The van der Waals surface area contributed by atoms with Crippen LogP contribution in [0.15, 0.2) is 49.7 Å². The Kier molecular flexibility index (Phi) is 17.6. The summed E-state index contributed by atoms with van der Waals surface area (Å²) in [5, 5.41) is 50.5. The first-order valence-corrected chi connectivity index (χ1v) is 19.9. The van der Waals surface area contributed by atoms with Crippen molar-refractivity contribution in [3.63, 3.8) is 0 Å². The van der Waals surface area contributed by atoms with E-state index < -0.39 is 30.5 Å². The van der Waals surface area contributed by atoms with Crippen molar-refractivity contribution in [2.24, 2.45) is 0 Å². The van der Waals surface area contributed by atoms with Gasteiger partial charge >= 0.3 is 5.97 Å². The van der Waals surface area contributed by atoms with Gasteiger partial charge in [-0.15, -0.1) is 0 Å². The van der Waals surface area contributed by atoms with Crippen LogP contribution in [0.5, 0.6) is 5.88 Å². The highest BCUT2D eigenvalue weighted by atomic mass is 16.6. The van der Waals surface area contributed by atoms with Gasteiger partial charge in [-0.25, -0.2) is 49.7 Å². The van der Waals surface area contributed by atoms with Crippen LogP contribution in [-0.4, -0.2) is 129 Å². The second-order valence-corrected chi connectivity index (χ2v) is 18.4. The molecule has 6 heterocycles. The first-order chi connectivity index (χ1) is 29.2. The first kappa shape index (κ1) is 51.1. The second-order valence-electron chi connectivity index (χ2n) is 18.4. The van der Waals surface area contributed by atoms with E-state index in [1.54, 1.807) is 12.3 Å². The highest BCUT2D eigenvalue weighted by Crippen LogP contribution is 2.32. The predicted molar refractivity (Wildman–Crippen MR) is 236 cm³/mol. The lowest BCUT2D eigenvalue weighted by atomic mass is 10.1. The molecule has 22 nitrogen and oxygen atoms in total. The lowest BCUT2D eigenvalue weighted by Gasteiger charge is -2.21. The highest BCUT2D eigenvalue weighted by molar-refractivity contribution is 5.86. The maximum absolute atomic E-state index is 10.5. The molecule has 1 aliphatic rings. The summed E-state index contributed by atoms with van der Waals surface area (Å²) < 4.78 is 11.6. The Morgan fingerprint density at radius 3 is 1.89 bits per heavy atom. The molecule has 0 aromatic carbocycles. The van der Waals surface area contributed by atoms with Gasteiger partial charge in [-0.1, -0.05) is 0 Å². The Balaban J connectivity index is 0.000000233. The highest BCUT2D eigenvalue weighted by Gasteiger charge is 2.44. The van der Waals surface area contributed by atoms with Crippen LogP contribution in [0, 0.1) is 6.92 Å². The maximum Gasteiger partial charge on any atom is 0.338 e. The molecule has 1 aliphatic heterocycles. The Hall–Kier alpha value is -6.23. The summed E-state index contributed by atoms with van der Waals surface area (Å²) in [4.78, 5) is 57.1. The van der Waals surface area contributed by atoms with Crippen molar-refractivity contribution in [3.05, 3.63) is 61.0 Å². The fourth-order valence-corrected chi connectivity index (χ4v) is 5.18. The van der Waals surface area contributed by atoms with Crippen LogP contribution in [0.25, 0.3) is 11.2 Å². The predicted octanol–water partition coefficient (Wildman–Crippen LogP) is 4.25. The molecule has 6 rings (SSSR count). The second kappa shape index (κ2) is 21.7. The average molecular weight is 879 g/mol. The van der Waals surface area contributed by atoms with Gasteiger partial charge in [0, 0.05) is 52.5 Å². The van der Waals surface area contributed by atoms with E-state index >= 15 is 0 Å². The monoisotopic (exact) mass is 878 g/mol. The Bertz CT molecular complexity index is 2210. The van der Waals surface area contributed by atoms with Crippen LogP contribution < -0.4 is 26.0 Å². The molecule has 63 heavy (non-hydrogen) atoms. The zero-order valence-electron chi connectivity index (χ0n) is 38.1. The summed E-state index contributed by atoms with van der Waals surface area (Å²) in [6.07, 6.45) is 4.47. The number of aryl methyl sites for hydroxylation is 1. The molecule has 0 aliphatic carbocycles. The molecule has 0 bridgehead atoms. The molecular weight excluding hydrogens is 817 g/mol. The van der Waals surface area contributed by atoms with Gasteiger partial charge in [-0.2, -0.15) is 0 Å². The van der Waals surface area contributed by atoms with Gasteiger partial charge in [0.05, 0.1) is 18.5 Å². The third-order valence-electron chi connectivity index (χ3n) is 7.62. The topological polar surface area (TPSA) is 303 Å². The fraction of sp³-hybridized carbons (Fsp3) is 0.537. The van der Waals surface area contributed by atoms with Gasteiger partial charge in [0.15, 0.2) is 23.2 Å². The molecule has 0 saturated carbocycles. The number of aliphatic hydroxyl groups excluding tert-OH is 3. The maximum atomic E-state index is 10.5. The number of imidazole rings is 1. The molecule has 344 valence electrons. The van der Waals surface area contributed by atoms with Crippen LogP contribution in [-0.2, 0) is 9.53 Å². The van der Waals surface area contributed by atoms with E-state index in [2.05, 4.69) is 91.6 Å². The molecule has 0 radical (unpaired) electrons. The van der Waals surface area contributed by atoms with Crippen LogP contribution >= 0.6 is 0 Å². The quantitative estimate of drug-likeness (QED) is 0.0960. The van der Waals surface area contributed by atoms with Crippen molar-refractivity contribution in [2.45, 2.75) is 137 Å². The number of fused-ring (bicyclic) bond motifs is 1. The van der Waals surface area contributed by atoms with E-state index in [4.69, 9.17) is 9.84 Å². The number of nitrogens with zero attached hydrogens (tertiary/aromatic N) is 10. The number of nitrogens with one attached hydrogen (secondary N) is 4. The van der Waals surface area contributed by atoms with Gasteiger partial charge in [-0.05, 0) is 96.1 Å². The van der Waals surface area contributed by atoms with Crippen LogP contribution in [0.3, 0.4) is 0 Å². The van der Waals surface area contributed by atoms with E-state index in [1.165, 1.54) is 35.9 Å². The summed E-state index contributed by atoms with van der Waals surface area (Å²) in [5.74, 6) is 1.55. The van der Waals surface area contributed by atoms with Crippen molar-refractivity contribution in [2.75, 3.05) is 27.9 Å². The molecule has 8 N–H and O–H groups in total. The van der Waals surface area contributed by atoms with E-state index in [-0.39, 0.29) is 40.2 Å². The van der Waals surface area contributed by atoms with Crippen LogP contribution in [0.1, 0.15) is 105 Å². The minimum absolute atomic E-state index is 0.0216. The Morgan fingerprint density at radius 2 is 1.37 bits per heavy atom. The lowest BCUT2D eigenvalue weighted by Crippen LogP contribution is -2.33. The summed E-state index contributed by atoms with van der Waals surface area (Å²) >= 11 is 0. The first-order valence-electron chi connectivity index (χ1n) is 19.9. The molecule has 1 fully saturated rings. The largest absolute Gasteiger partial charge is 0.478 e. The number of carboxylic acids is 1. The molecular formula is C41H62N14O8. The van der Waals surface area contributed by atoms with Crippen molar-refractivity contribution in [3.8, 4) is 5.88 Å². The third kappa shape index (κ3) is 17.6. The molecule has 1 unspecified atom stereocenters. The van der Waals surface area contributed by atoms with Crippen molar-refractivity contribution in [1.82, 2.24) is 49.4 Å². The molecule has 4 atom stereocenters. The fourth-order valence-electron chi connectivity index (χ4n) is 5.18. The zero-order chi connectivity index (χ0) is 47.3. The number of aliphatic hydroxyl groups is 3. The number of rotatable bonds is 9. The number of carboxylic acid groups (broad SMARTS) is 1. The van der Waals surface area contributed by atoms with Gasteiger partial charge in [0.1, 0.15) is 36.8 Å². The number of aromatic nitrogens is 10. The Labute approximate surface area is 366 Å². The summed E-state index contributed by atoms with van der Waals surface area (Å²) in [5.41, 5.74) is 1.68. The van der Waals surface area contributed by atoms with Crippen LogP contribution in [0.4, 0.5) is 23.5 Å². The van der Waals surface area contributed by atoms with Crippen molar-refractivity contribution in [1.29, 1.82) is 0 Å². The minimum atomic E-state index is -1.18. The number of anilines is 4. The van der Waals surface area contributed by atoms with Gasteiger partial charge < -0.3 is 51.2 Å². The van der Waals surface area contributed by atoms with E-state index in [9.17, 15) is 24.9 Å². The summed E-state index contributed by atoms with van der Waals surface area (Å²) in [7, 11) is 0. The molecule has 5 aromatic heterocycles. The SMILES string of the molecule is CC(C)(C)Nc1cc(OC=O)ncn1.CC(C)(C)Nc1ncc(C(=O)O)cn1.CC(C)(C)Nc1ncnc2c1ncn2[C@@H]1O[C@H](CO)C(O)[C@@H]1O.Cc1ccnc(NC(C)(C)C)n1. The molecule has 0 spiro atoms. The third-order valence-corrected chi connectivity index (χ3v) is 7.62. The van der Waals surface area contributed by atoms with Crippen molar-refractivity contribution >= 4 is 47.1 Å². The smallest absolute Gasteiger partial charge is 0.338 e. The van der Waals surface area contributed by atoms with Crippen molar-refractivity contribution < 1.29 is 39.5 Å². The van der Waals surface area contributed by atoms with Crippen LogP contribution in [0.2, 0.25) is 0 Å². The number of carbonyl (C=O) groups is 2. The summed E-state index contributed by atoms with van der Waals surface area (Å²) in [6.45, 7) is 26.1. The van der Waals surface area contributed by atoms with E-state index in [0.29, 0.717) is 41.2 Å². The lowest BCUT2D eigenvalue weighted by molar-refractivity contribution is -0.120. The van der Waals surface area contributed by atoms with E-state index in [1.807, 2.05) is 75.3 Å². The number of aromatic carboxylic acids is 1. The molecule has 5 aromatic rings. The number of ether oxygens (including phenoxy) is 2. The van der Waals surface area contributed by atoms with E-state index in [0.717, 1.165) is 5.69 Å². The molecule has 22 heteroatoms. The normalized spacial score (nSPS) is 17.4. The minimum Gasteiger partial charge on any atom is -0.478 e. The molecule has 1 saturated heterocycles. The average Bonchev–Trinajstić information content (AvgIpc) is 3.70. The summed E-state index contributed by atoms with van der Waals surface area (Å²) in [6, 6.07) is 3.45. The zero-order valence-corrected chi connectivity index (χ0v) is 38.1. The number of hydrogen-bond acceptors (Lipinski definition) is 20. The molecule has 0 amide bonds. The number of carbonyl (C=O) groups excluding carboxylic acids is 1. The standard InChI is InChI=1S/C14H21N5O4.2C9H13N3O2.C9H15N3/c1-14(2,3)18-11-8-12(16-5-15-11)19(6-17-8)13-10(22)9(21)7(4-20)23-13;1-9(2,3)12-7-4-8(14-6-13)11-5-10-7;1-9(2,3)12-8-10-4-6(5-11-8)7(13)14;1-7-5-6-10-8(11-7)12-9(2,3)4/h5-7,9-10,13,20-22H,4H2,1-3H3,(H,15,16,18);4-6H,1-3H3,(H,10,11,12);4-5H,1-3H3,(H,13,14)(H,10,11,12);5-6H,1-4H3,(H,10,11,12)/t7-,9?,10+,13-;;;/m1.../s1. The number of hydrogen-bond donors (Lipinski definition) is 8. The Morgan fingerprint density at radius 1 is 0.778 bits per heavy atom.